The molecule has 0 fully saturated rings. The van der Waals surface area contributed by atoms with Crippen LogP contribution in [0.3, 0.4) is 0 Å². The number of oxazole rings is 1. The first-order valence-electron chi connectivity index (χ1n) is 8.72. The Morgan fingerprint density at radius 1 is 1.15 bits per heavy atom. The average molecular weight is 370 g/mol. The number of rotatable bonds is 6. The van der Waals surface area contributed by atoms with Crippen LogP contribution in [0.4, 0.5) is 14.5 Å². The van der Waals surface area contributed by atoms with E-state index in [-0.39, 0.29) is 18.5 Å². The standard InChI is InChI=1S/C21H20F2N2O2/c1-13(2)14-3-5-15(6-4-14)19-12-24-21(27-19)10-9-20(26)25-18-8-7-16(22)11-17(18)23/h3-8,11-13H,9-10H2,1-2H3,(H,25,26). The van der Waals surface area contributed by atoms with E-state index in [1.807, 2.05) is 24.3 Å². The minimum absolute atomic E-state index is 0.0558. The molecule has 1 aromatic heterocycles. The van der Waals surface area contributed by atoms with Gasteiger partial charge in [0.2, 0.25) is 5.91 Å². The molecule has 1 amide bonds. The van der Waals surface area contributed by atoms with E-state index in [2.05, 4.69) is 24.1 Å². The van der Waals surface area contributed by atoms with Crippen molar-refractivity contribution in [3.63, 3.8) is 0 Å². The van der Waals surface area contributed by atoms with E-state index in [9.17, 15) is 13.6 Å². The number of aromatic nitrogens is 1. The van der Waals surface area contributed by atoms with Crippen LogP contribution < -0.4 is 5.32 Å². The van der Waals surface area contributed by atoms with Gasteiger partial charge in [-0.15, -0.1) is 0 Å². The zero-order valence-corrected chi connectivity index (χ0v) is 15.1. The average Bonchev–Trinajstić information content (AvgIpc) is 3.11. The van der Waals surface area contributed by atoms with Crippen LogP contribution in [-0.2, 0) is 11.2 Å². The van der Waals surface area contributed by atoms with Gasteiger partial charge < -0.3 is 9.73 Å². The van der Waals surface area contributed by atoms with Gasteiger partial charge in [-0.1, -0.05) is 38.1 Å². The van der Waals surface area contributed by atoms with Gasteiger partial charge in [0, 0.05) is 24.5 Å². The second-order valence-corrected chi connectivity index (χ2v) is 6.57. The van der Waals surface area contributed by atoms with Gasteiger partial charge in [-0.3, -0.25) is 4.79 Å². The van der Waals surface area contributed by atoms with Crippen molar-refractivity contribution in [2.45, 2.75) is 32.6 Å². The molecule has 0 saturated carbocycles. The van der Waals surface area contributed by atoms with Crippen molar-refractivity contribution in [3.8, 4) is 11.3 Å². The Morgan fingerprint density at radius 2 is 1.89 bits per heavy atom. The van der Waals surface area contributed by atoms with E-state index in [4.69, 9.17) is 4.42 Å². The van der Waals surface area contributed by atoms with E-state index < -0.39 is 17.5 Å². The Balaban J connectivity index is 1.58. The van der Waals surface area contributed by atoms with E-state index in [1.165, 1.54) is 11.6 Å². The second kappa shape index (κ2) is 8.12. The summed E-state index contributed by atoms with van der Waals surface area (Å²) < 4.78 is 32.1. The molecule has 0 spiro atoms. The third-order valence-corrected chi connectivity index (χ3v) is 4.19. The van der Waals surface area contributed by atoms with Crippen molar-refractivity contribution in [1.29, 1.82) is 0 Å². The molecular formula is C21H20F2N2O2. The van der Waals surface area contributed by atoms with Crippen LogP contribution in [0.2, 0.25) is 0 Å². The lowest BCUT2D eigenvalue weighted by Gasteiger charge is -2.06. The molecule has 0 bridgehead atoms. The highest BCUT2D eigenvalue weighted by molar-refractivity contribution is 5.90. The maximum Gasteiger partial charge on any atom is 0.224 e. The van der Waals surface area contributed by atoms with Crippen LogP contribution in [0.25, 0.3) is 11.3 Å². The summed E-state index contributed by atoms with van der Waals surface area (Å²) in [7, 11) is 0. The molecule has 0 atom stereocenters. The summed E-state index contributed by atoms with van der Waals surface area (Å²) in [4.78, 5) is 16.1. The van der Waals surface area contributed by atoms with Crippen LogP contribution in [0.1, 0.15) is 37.6 Å². The molecule has 0 unspecified atom stereocenters. The Morgan fingerprint density at radius 3 is 2.56 bits per heavy atom. The summed E-state index contributed by atoms with van der Waals surface area (Å²) >= 11 is 0. The summed E-state index contributed by atoms with van der Waals surface area (Å²) in [6, 6.07) is 11.0. The molecule has 4 nitrogen and oxygen atoms in total. The normalized spacial score (nSPS) is 11.0. The summed E-state index contributed by atoms with van der Waals surface area (Å²) in [6.45, 7) is 4.26. The maximum absolute atomic E-state index is 13.6. The van der Waals surface area contributed by atoms with Crippen LogP contribution in [0.5, 0.6) is 0 Å². The Bertz CT molecular complexity index is 934. The zero-order chi connectivity index (χ0) is 19.4. The number of hydrogen-bond donors (Lipinski definition) is 1. The quantitative estimate of drug-likeness (QED) is 0.639. The third kappa shape index (κ3) is 4.78. The Kier molecular flexibility index (Phi) is 5.64. The second-order valence-electron chi connectivity index (χ2n) is 6.57. The van der Waals surface area contributed by atoms with Crippen LogP contribution in [0, 0.1) is 11.6 Å². The number of nitrogens with zero attached hydrogens (tertiary/aromatic N) is 1. The number of halogens is 2. The van der Waals surface area contributed by atoms with Crippen molar-refractivity contribution >= 4 is 11.6 Å². The lowest BCUT2D eigenvalue weighted by atomic mass is 10.0. The summed E-state index contributed by atoms with van der Waals surface area (Å²) in [5.74, 6) is -0.404. The van der Waals surface area contributed by atoms with Gasteiger partial charge in [0.15, 0.2) is 11.7 Å². The molecule has 3 aromatic rings. The Hall–Kier alpha value is -3.02. The molecular weight excluding hydrogens is 350 g/mol. The fourth-order valence-corrected chi connectivity index (χ4v) is 2.62. The predicted octanol–water partition coefficient (Wildman–Crippen LogP) is 5.31. The number of benzene rings is 2. The molecule has 140 valence electrons. The van der Waals surface area contributed by atoms with Gasteiger partial charge in [-0.2, -0.15) is 0 Å². The summed E-state index contributed by atoms with van der Waals surface area (Å²) in [5, 5.41) is 2.41. The SMILES string of the molecule is CC(C)c1ccc(-c2cnc(CCC(=O)Nc3ccc(F)cc3F)o2)cc1. The van der Waals surface area contributed by atoms with Crippen molar-refractivity contribution in [1.82, 2.24) is 4.98 Å². The Labute approximate surface area is 156 Å². The molecule has 2 aromatic carbocycles. The van der Waals surface area contributed by atoms with Gasteiger partial charge in [0.1, 0.15) is 11.6 Å². The predicted molar refractivity (Wildman–Crippen MR) is 99.3 cm³/mol. The first kappa shape index (κ1) is 18.8. The van der Waals surface area contributed by atoms with Gasteiger partial charge in [-0.25, -0.2) is 13.8 Å². The fraction of sp³-hybridized carbons (Fsp3) is 0.238. The molecule has 6 heteroatoms. The van der Waals surface area contributed by atoms with Crippen molar-refractivity contribution in [2.24, 2.45) is 0 Å². The van der Waals surface area contributed by atoms with Gasteiger partial charge >= 0.3 is 0 Å². The van der Waals surface area contributed by atoms with Crippen molar-refractivity contribution < 1.29 is 18.0 Å². The molecule has 1 heterocycles. The molecule has 1 N–H and O–H groups in total. The zero-order valence-electron chi connectivity index (χ0n) is 15.1. The minimum Gasteiger partial charge on any atom is -0.441 e. The van der Waals surface area contributed by atoms with Crippen LogP contribution in [-0.4, -0.2) is 10.9 Å². The topological polar surface area (TPSA) is 55.1 Å². The number of carbonyl (C=O) groups excluding carboxylic acids is 1. The fourth-order valence-electron chi connectivity index (χ4n) is 2.62. The first-order valence-corrected chi connectivity index (χ1v) is 8.72. The van der Waals surface area contributed by atoms with Gasteiger partial charge in [-0.05, 0) is 23.6 Å². The van der Waals surface area contributed by atoms with E-state index >= 15 is 0 Å². The van der Waals surface area contributed by atoms with Gasteiger partial charge in [0.05, 0.1) is 11.9 Å². The molecule has 0 aliphatic rings. The number of amides is 1. The lowest BCUT2D eigenvalue weighted by molar-refractivity contribution is -0.116. The summed E-state index contributed by atoms with van der Waals surface area (Å²) in [5.41, 5.74) is 2.10. The molecule has 27 heavy (non-hydrogen) atoms. The smallest absolute Gasteiger partial charge is 0.224 e. The number of carbonyl (C=O) groups is 1. The van der Waals surface area contributed by atoms with Crippen molar-refractivity contribution in [2.75, 3.05) is 5.32 Å². The van der Waals surface area contributed by atoms with E-state index in [0.717, 1.165) is 17.7 Å². The number of anilines is 1. The molecule has 3 rings (SSSR count). The third-order valence-electron chi connectivity index (χ3n) is 4.19. The van der Waals surface area contributed by atoms with Crippen LogP contribution in [0.15, 0.2) is 53.1 Å². The largest absolute Gasteiger partial charge is 0.441 e. The molecule has 0 saturated heterocycles. The number of aryl methyl sites for hydroxylation is 1. The first-order chi connectivity index (χ1) is 12.9. The highest BCUT2D eigenvalue weighted by Crippen LogP contribution is 2.24. The van der Waals surface area contributed by atoms with E-state index in [0.29, 0.717) is 17.6 Å². The highest BCUT2D eigenvalue weighted by atomic mass is 19.1. The highest BCUT2D eigenvalue weighted by Gasteiger charge is 2.11. The number of nitrogens with one attached hydrogen (secondary N) is 1. The maximum atomic E-state index is 13.6. The van der Waals surface area contributed by atoms with Gasteiger partial charge in [0.25, 0.3) is 0 Å². The van der Waals surface area contributed by atoms with Crippen molar-refractivity contribution in [3.05, 3.63) is 71.8 Å². The van der Waals surface area contributed by atoms with Crippen LogP contribution >= 0.6 is 0 Å². The molecule has 0 aliphatic heterocycles. The molecule has 0 aliphatic carbocycles. The minimum atomic E-state index is -0.813. The lowest BCUT2D eigenvalue weighted by Crippen LogP contribution is -2.13. The summed E-state index contributed by atoms with van der Waals surface area (Å²) in [6.07, 6.45) is 1.97. The molecule has 0 radical (unpaired) electrons. The monoisotopic (exact) mass is 370 g/mol. The van der Waals surface area contributed by atoms with E-state index in [1.54, 1.807) is 6.20 Å². The number of hydrogen-bond acceptors (Lipinski definition) is 3.